The maximum atomic E-state index is 12.5. The largest absolute Gasteiger partial charge is 0.497 e. The molecule has 0 bridgehead atoms. The summed E-state index contributed by atoms with van der Waals surface area (Å²) in [6.45, 7) is 4.78. The number of oxime groups is 1. The van der Waals surface area contributed by atoms with Crippen LogP contribution in [0.25, 0.3) is 0 Å². The Kier molecular flexibility index (Phi) is 5.92. The molecule has 0 aromatic heterocycles. The van der Waals surface area contributed by atoms with Crippen LogP contribution in [0, 0.1) is 0 Å². The molecule has 30 heavy (non-hydrogen) atoms. The first-order valence-corrected chi connectivity index (χ1v) is 9.87. The van der Waals surface area contributed by atoms with Crippen LogP contribution in [-0.4, -0.2) is 63.2 Å². The fourth-order valence-electron chi connectivity index (χ4n) is 3.47. The van der Waals surface area contributed by atoms with E-state index in [-0.39, 0.29) is 19.3 Å². The lowest BCUT2D eigenvalue weighted by atomic mass is 10.1. The van der Waals surface area contributed by atoms with Gasteiger partial charge in [0.25, 0.3) is 5.91 Å². The Labute approximate surface area is 175 Å². The zero-order valence-corrected chi connectivity index (χ0v) is 17.2. The first-order valence-electron chi connectivity index (χ1n) is 9.87. The second-order valence-corrected chi connectivity index (χ2v) is 7.09. The summed E-state index contributed by atoms with van der Waals surface area (Å²) in [4.78, 5) is 21.8. The number of benzene rings is 2. The highest BCUT2D eigenvalue weighted by molar-refractivity contribution is 5.99. The van der Waals surface area contributed by atoms with Gasteiger partial charge in [0.1, 0.15) is 5.75 Å². The average Bonchev–Trinajstić information content (AvgIpc) is 3.27. The van der Waals surface area contributed by atoms with Crippen molar-refractivity contribution in [1.82, 2.24) is 4.90 Å². The number of hydrogen-bond donors (Lipinski definition) is 0. The number of carbonyl (C=O) groups is 1. The SMILES string of the molecule is COc1cccc(N2CCN(C(=O)CO/N=C(/C)c3ccc4c(c3)OCO4)CC2)c1. The molecule has 1 saturated heterocycles. The number of piperazine rings is 1. The number of methoxy groups -OCH3 is 1. The molecule has 2 aliphatic heterocycles. The molecule has 1 fully saturated rings. The molecule has 0 spiro atoms. The molecule has 2 aromatic carbocycles. The fourth-order valence-corrected chi connectivity index (χ4v) is 3.47. The van der Waals surface area contributed by atoms with Crippen LogP contribution in [0.2, 0.25) is 0 Å². The molecule has 2 aliphatic rings. The third-order valence-corrected chi connectivity index (χ3v) is 5.23. The zero-order chi connectivity index (χ0) is 20.9. The lowest BCUT2D eigenvalue weighted by molar-refractivity contribution is -0.136. The number of rotatable bonds is 6. The van der Waals surface area contributed by atoms with Crippen LogP contribution in [-0.2, 0) is 9.63 Å². The van der Waals surface area contributed by atoms with Gasteiger partial charge in [0.2, 0.25) is 6.79 Å². The van der Waals surface area contributed by atoms with Gasteiger partial charge in [-0.1, -0.05) is 11.2 Å². The van der Waals surface area contributed by atoms with Gasteiger partial charge in [0.15, 0.2) is 18.1 Å². The molecule has 0 aliphatic carbocycles. The minimum Gasteiger partial charge on any atom is -0.497 e. The average molecular weight is 411 g/mol. The zero-order valence-electron chi connectivity index (χ0n) is 17.2. The van der Waals surface area contributed by atoms with Crippen LogP contribution in [0.15, 0.2) is 47.6 Å². The normalized spacial score (nSPS) is 15.9. The predicted octanol–water partition coefficient (Wildman–Crippen LogP) is 2.51. The van der Waals surface area contributed by atoms with Crippen molar-refractivity contribution in [2.45, 2.75) is 6.92 Å². The Morgan fingerprint density at radius 2 is 1.87 bits per heavy atom. The Morgan fingerprint density at radius 1 is 1.07 bits per heavy atom. The van der Waals surface area contributed by atoms with Crippen LogP contribution in [0.4, 0.5) is 5.69 Å². The Balaban J connectivity index is 1.26. The van der Waals surface area contributed by atoms with Gasteiger partial charge in [-0.05, 0) is 37.3 Å². The van der Waals surface area contributed by atoms with Gasteiger partial charge < -0.3 is 28.8 Å². The van der Waals surface area contributed by atoms with Crippen molar-refractivity contribution < 1.29 is 23.8 Å². The second kappa shape index (κ2) is 8.94. The van der Waals surface area contributed by atoms with Crippen LogP contribution >= 0.6 is 0 Å². The molecule has 2 aromatic rings. The second-order valence-electron chi connectivity index (χ2n) is 7.09. The number of amides is 1. The Hall–Kier alpha value is -3.42. The number of anilines is 1. The Morgan fingerprint density at radius 3 is 2.67 bits per heavy atom. The van der Waals surface area contributed by atoms with Crippen molar-refractivity contribution in [2.75, 3.05) is 51.6 Å². The smallest absolute Gasteiger partial charge is 0.263 e. The molecule has 0 saturated carbocycles. The number of ether oxygens (including phenoxy) is 3. The summed E-state index contributed by atoms with van der Waals surface area (Å²) in [5.41, 5.74) is 2.63. The van der Waals surface area contributed by atoms with Crippen LogP contribution < -0.4 is 19.1 Å². The summed E-state index contributed by atoms with van der Waals surface area (Å²) >= 11 is 0. The van der Waals surface area contributed by atoms with E-state index in [2.05, 4.69) is 16.1 Å². The van der Waals surface area contributed by atoms with Gasteiger partial charge in [-0.3, -0.25) is 4.79 Å². The molecule has 1 amide bonds. The third-order valence-electron chi connectivity index (χ3n) is 5.23. The monoisotopic (exact) mass is 411 g/mol. The minimum absolute atomic E-state index is 0.0671. The highest BCUT2D eigenvalue weighted by Gasteiger charge is 2.22. The van der Waals surface area contributed by atoms with Crippen LogP contribution in [0.3, 0.4) is 0 Å². The summed E-state index contributed by atoms with van der Waals surface area (Å²) in [7, 11) is 1.66. The van der Waals surface area contributed by atoms with Gasteiger partial charge >= 0.3 is 0 Å². The molecule has 0 radical (unpaired) electrons. The summed E-state index contributed by atoms with van der Waals surface area (Å²) in [5, 5.41) is 4.08. The van der Waals surface area contributed by atoms with E-state index in [4.69, 9.17) is 19.0 Å². The molecule has 0 atom stereocenters. The summed E-state index contributed by atoms with van der Waals surface area (Å²) < 4.78 is 16.0. The molecule has 0 N–H and O–H groups in total. The first kappa shape index (κ1) is 19.9. The summed E-state index contributed by atoms with van der Waals surface area (Å²) in [6, 6.07) is 13.5. The van der Waals surface area contributed by atoms with Crippen molar-refractivity contribution in [2.24, 2.45) is 5.16 Å². The van der Waals surface area contributed by atoms with Crippen molar-refractivity contribution in [1.29, 1.82) is 0 Å². The van der Waals surface area contributed by atoms with E-state index < -0.39 is 0 Å². The molecule has 4 rings (SSSR count). The lowest BCUT2D eigenvalue weighted by Gasteiger charge is -2.36. The number of hydrogen-bond acceptors (Lipinski definition) is 7. The number of fused-ring (bicyclic) bond motifs is 1. The van der Waals surface area contributed by atoms with Gasteiger partial charge in [0.05, 0.1) is 12.8 Å². The first-order chi connectivity index (χ1) is 14.6. The molecule has 0 unspecified atom stereocenters. The van der Waals surface area contributed by atoms with E-state index >= 15 is 0 Å². The summed E-state index contributed by atoms with van der Waals surface area (Å²) in [5.74, 6) is 2.17. The van der Waals surface area contributed by atoms with Crippen molar-refractivity contribution in [3.8, 4) is 17.2 Å². The highest BCUT2D eigenvalue weighted by atomic mass is 16.7. The van der Waals surface area contributed by atoms with Gasteiger partial charge in [-0.15, -0.1) is 0 Å². The van der Waals surface area contributed by atoms with E-state index in [1.54, 1.807) is 7.11 Å². The fraction of sp³-hybridized carbons (Fsp3) is 0.364. The number of nitrogens with zero attached hydrogens (tertiary/aromatic N) is 3. The van der Waals surface area contributed by atoms with Gasteiger partial charge in [-0.25, -0.2) is 0 Å². The molecule has 2 heterocycles. The predicted molar refractivity (Wildman–Crippen MR) is 113 cm³/mol. The quantitative estimate of drug-likeness (QED) is 0.537. The highest BCUT2D eigenvalue weighted by Crippen LogP contribution is 2.32. The van der Waals surface area contributed by atoms with Crippen molar-refractivity contribution in [3.63, 3.8) is 0 Å². The van der Waals surface area contributed by atoms with E-state index in [0.29, 0.717) is 24.6 Å². The van der Waals surface area contributed by atoms with E-state index in [1.165, 1.54) is 0 Å². The van der Waals surface area contributed by atoms with Crippen LogP contribution in [0.1, 0.15) is 12.5 Å². The molecular weight excluding hydrogens is 386 g/mol. The topological polar surface area (TPSA) is 72.8 Å². The number of carbonyl (C=O) groups excluding carboxylic acids is 1. The molecule has 8 heteroatoms. The van der Waals surface area contributed by atoms with Gasteiger partial charge in [-0.2, -0.15) is 0 Å². The van der Waals surface area contributed by atoms with E-state index in [0.717, 1.165) is 35.8 Å². The van der Waals surface area contributed by atoms with E-state index in [1.807, 2.05) is 48.2 Å². The lowest BCUT2D eigenvalue weighted by Crippen LogP contribution is -2.49. The Bertz CT molecular complexity index is 938. The van der Waals surface area contributed by atoms with Gasteiger partial charge in [0, 0.05) is 43.5 Å². The minimum atomic E-state index is -0.0823. The molecular formula is C22H25N3O5. The van der Waals surface area contributed by atoms with Crippen molar-refractivity contribution >= 4 is 17.3 Å². The molecule has 158 valence electrons. The maximum absolute atomic E-state index is 12.5. The maximum Gasteiger partial charge on any atom is 0.263 e. The summed E-state index contributed by atoms with van der Waals surface area (Å²) in [6.07, 6.45) is 0. The standard InChI is InChI=1S/C22H25N3O5/c1-16(17-6-7-20-21(12-17)29-15-28-20)23-30-14-22(26)25-10-8-24(9-11-25)18-4-3-5-19(13-18)27-2/h3-7,12-13H,8-11,14-15H2,1-2H3/b23-16-. The van der Waals surface area contributed by atoms with E-state index in [9.17, 15) is 4.79 Å². The molecule has 8 nitrogen and oxygen atoms in total. The van der Waals surface area contributed by atoms with Crippen molar-refractivity contribution in [3.05, 3.63) is 48.0 Å². The third kappa shape index (κ3) is 4.42. The van der Waals surface area contributed by atoms with Crippen LogP contribution in [0.5, 0.6) is 17.2 Å².